The van der Waals surface area contributed by atoms with E-state index < -0.39 is 27.7 Å². The van der Waals surface area contributed by atoms with E-state index in [4.69, 9.17) is 0 Å². The maximum absolute atomic E-state index is 11.5. The fourth-order valence-electron chi connectivity index (χ4n) is 0.902. The Morgan fingerprint density at radius 3 is 2.67 bits per heavy atom. The number of esters is 2. The van der Waals surface area contributed by atoms with Crippen molar-refractivity contribution in [3.63, 3.8) is 0 Å². The van der Waals surface area contributed by atoms with Gasteiger partial charge in [0.2, 0.25) is 10.0 Å². The number of ether oxygens (including phenoxy) is 2. The van der Waals surface area contributed by atoms with Crippen LogP contribution >= 0.6 is 11.3 Å². The third-order valence-corrected chi connectivity index (χ3v) is 3.68. The van der Waals surface area contributed by atoms with Gasteiger partial charge < -0.3 is 9.47 Å². The summed E-state index contributed by atoms with van der Waals surface area (Å²) in [6.07, 6.45) is 0. The molecule has 0 saturated heterocycles. The van der Waals surface area contributed by atoms with Crippen LogP contribution < -0.4 is 4.72 Å². The van der Waals surface area contributed by atoms with E-state index in [0.717, 1.165) is 18.4 Å². The van der Waals surface area contributed by atoms with Gasteiger partial charge >= 0.3 is 11.9 Å². The molecule has 1 rings (SSSR count). The molecule has 0 fully saturated rings. The van der Waals surface area contributed by atoms with Gasteiger partial charge in [-0.3, -0.25) is 9.52 Å². The second-order valence-corrected chi connectivity index (χ2v) is 5.55. The van der Waals surface area contributed by atoms with E-state index in [9.17, 15) is 18.0 Å². The van der Waals surface area contributed by atoms with Crippen LogP contribution in [0.25, 0.3) is 0 Å². The van der Waals surface area contributed by atoms with Crippen LogP contribution in [0.1, 0.15) is 11.9 Å². The van der Waals surface area contributed by atoms with Gasteiger partial charge in [0, 0.05) is 6.81 Å². The van der Waals surface area contributed by atoms with E-state index in [2.05, 4.69) is 19.2 Å². The lowest BCUT2D eigenvalue weighted by atomic mass is 10.5. The van der Waals surface area contributed by atoms with E-state index in [-0.39, 0.29) is 12.3 Å². The zero-order chi connectivity index (χ0) is 13.8. The van der Waals surface area contributed by atoms with Crippen molar-refractivity contribution < 1.29 is 28.9 Å². The lowest BCUT2D eigenvalue weighted by molar-refractivity contribution is -0.137. The largest absolute Gasteiger partial charge is 0.468 e. The third-order valence-electron chi connectivity index (χ3n) is 1.68. The van der Waals surface area contributed by atoms with Gasteiger partial charge in [-0.1, -0.05) is 0 Å². The van der Waals surface area contributed by atoms with Crippen LogP contribution in [0.2, 0.25) is 0 Å². The molecule has 0 spiro atoms. The highest BCUT2D eigenvalue weighted by Crippen LogP contribution is 2.17. The summed E-state index contributed by atoms with van der Waals surface area (Å²) in [6.45, 7) is 0. The number of nitrogens with zero attached hydrogens (tertiary/aromatic N) is 1. The van der Waals surface area contributed by atoms with Gasteiger partial charge in [-0.15, -0.1) is 11.3 Å². The molecule has 0 aliphatic carbocycles. The molecule has 0 aliphatic rings. The number of anilines is 1. The molecule has 1 N–H and O–H groups in total. The number of aromatic nitrogens is 1. The lowest BCUT2D eigenvalue weighted by Gasteiger charge is -2.02. The van der Waals surface area contributed by atoms with Crippen molar-refractivity contribution in [2.75, 3.05) is 24.7 Å². The zero-order valence-corrected chi connectivity index (χ0v) is 11.1. The molecule has 0 radical (unpaired) electrons. The number of hydrogen-bond acceptors (Lipinski definition) is 8. The number of thiazole rings is 1. The Hall–Kier alpha value is -1.68. The SMILES string of the molecule is COC(=O)CS(=O)(=O)Nc1nc(C(=O)OC)cs1.[HH]. The molecule has 1 aromatic rings. The fourth-order valence-corrected chi connectivity index (χ4v) is 2.81. The van der Waals surface area contributed by atoms with Gasteiger partial charge in [-0.2, -0.15) is 0 Å². The Kier molecular flexibility index (Phi) is 4.62. The summed E-state index contributed by atoms with van der Waals surface area (Å²) in [5.74, 6) is -2.40. The molecular formula is C8H12N2O6S2. The van der Waals surface area contributed by atoms with Gasteiger partial charge in [0.25, 0.3) is 0 Å². The van der Waals surface area contributed by atoms with E-state index >= 15 is 0 Å². The average Bonchev–Trinajstić information content (AvgIpc) is 2.74. The first-order chi connectivity index (χ1) is 8.38. The first kappa shape index (κ1) is 14.4. The summed E-state index contributed by atoms with van der Waals surface area (Å²) in [5, 5.41) is 1.31. The molecule has 1 heterocycles. The summed E-state index contributed by atoms with van der Waals surface area (Å²) in [7, 11) is -1.63. The molecular weight excluding hydrogens is 284 g/mol. The van der Waals surface area contributed by atoms with Crippen molar-refractivity contribution in [1.82, 2.24) is 4.98 Å². The van der Waals surface area contributed by atoms with Crippen molar-refractivity contribution >= 4 is 38.4 Å². The third kappa shape index (κ3) is 3.96. The Labute approximate surface area is 108 Å². The minimum atomic E-state index is -3.89. The second-order valence-electron chi connectivity index (χ2n) is 2.97. The number of sulfonamides is 1. The molecule has 0 aliphatic heterocycles. The van der Waals surface area contributed by atoms with E-state index in [1.54, 1.807) is 0 Å². The normalized spacial score (nSPS) is 10.8. The first-order valence-electron chi connectivity index (χ1n) is 4.49. The molecule has 0 amide bonds. The highest BCUT2D eigenvalue weighted by atomic mass is 32.2. The molecule has 10 heteroatoms. The van der Waals surface area contributed by atoms with Crippen LogP contribution in [-0.2, 0) is 24.3 Å². The average molecular weight is 296 g/mol. The maximum Gasteiger partial charge on any atom is 0.357 e. The molecule has 0 aromatic carbocycles. The summed E-state index contributed by atoms with van der Waals surface area (Å²) >= 11 is 0.900. The molecule has 8 nitrogen and oxygen atoms in total. The van der Waals surface area contributed by atoms with Crippen LogP contribution in [0.5, 0.6) is 0 Å². The van der Waals surface area contributed by atoms with Crippen molar-refractivity contribution in [3.05, 3.63) is 11.1 Å². The molecule has 18 heavy (non-hydrogen) atoms. The Balaban J connectivity index is 0.00000324. The summed E-state index contributed by atoms with van der Waals surface area (Å²) < 4.78 is 33.6. The highest BCUT2D eigenvalue weighted by Gasteiger charge is 2.19. The number of methoxy groups -OCH3 is 2. The van der Waals surface area contributed by atoms with Crippen LogP contribution in [0, 0.1) is 0 Å². The van der Waals surface area contributed by atoms with Crippen molar-refractivity contribution in [2.45, 2.75) is 0 Å². The molecule has 1 aromatic heterocycles. The number of carbonyl (C=O) groups is 2. The van der Waals surface area contributed by atoms with Gasteiger partial charge in [-0.05, 0) is 0 Å². The topological polar surface area (TPSA) is 112 Å². The monoisotopic (exact) mass is 296 g/mol. The predicted molar refractivity (Wildman–Crippen MR) is 65.0 cm³/mol. The summed E-state index contributed by atoms with van der Waals surface area (Å²) in [4.78, 5) is 25.6. The van der Waals surface area contributed by atoms with E-state index in [1.165, 1.54) is 12.5 Å². The second kappa shape index (κ2) is 5.78. The van der Waals surface area contributed by atoms with Crippen LogP contribution in [-0.4, -0.2) is 45.3 Å². The Bertz CT molecular complexity index is 555. The minimum Gasteiger partial charge on any atom is -0.468 e. The lowest BCUT2D eigenvalue weighted by Crippen LogP contribution is -2.23. The van der Waals surface area contributed by atoms with Gasteiger partial charge in [0.15, 0.2) is 16.6 Å². The predicted octanol–water partition coefficient (Wildman–Crippen LogP) is 0.0904. The quantitative estimate of drug-likeness (QED) is 0.766. The fraction of sp³-hybridized carbons (Fsp3) is 0.375. The number of carbonyl (C=O) groups excluding carboxylic acids is 2. The van der Waals surface area contributed by atoms with Crippen molar-refractivity contribution in [2.24, 2.45) is 0 Å². The Morgan fingerprint density at radius 1 is 1.44 bits per heavy atom. The standard InChI is InChI=1S/C8H10N2O6S2.H2/c1-15-6(11)4-18(13,14)10-8-9-5(3-17-8)7(12)16-2;/h3H,4H2,1-2H3,(H,9,10);1H. The van der Waals surface area contributed by atoms with E-state index in [0.29, 0.717) is 0 Å². The number of rotatable bonds is 5. The molecule has 0 unspecified atom stereocenters. The molecule has 0 atom stereocenters. The van der Waals surface area contributed by atoms with Crippen LogP contribution in [0.15, 0.2) is 5.38 Å². The first-order valence-corrected chi connectivity index (χ1v) is 7.02. The molecule has 0 saturated carbocycles. The molecule has 102 valence electrons. The smallest absolute Gasteiger partial charge is 0.357 e. The van der Waals surface area contributed by atoms with Crippen molar-refractivity contribution in [1.29, 1.82) is 0 Å². The van der Waals surface area contributed by atoms with Crippen molar-refractivity contribution in [3.8, 4) is 0 Å². The van der Waals surface area contributed by atoms with Gasteiger partial charge in [0.05, 0.1) is 14.2 Å². The van der Waals surface area contributed by atoms with E-state index in [1.807, 2.05) is 0 Å². The van der Waals surface area contributed by atoms with Crippen LogP contribution in [0.4, 0.5) is 5.13 Å². The summed E-state index contributed by atoms with van der Waals surface area (Å²) in [5.41, 5.74) is -0.0155. The zero-order valence-electron chi connectivity index (χ0n) is 9.50. The Morgan fingerprint density at radius 2 is 2.11 bits per heavy atom. The summed E-state index contributed by atoms with van der Waals surface area (Å²) in [6, 6.07) is 0. The maximum atomic E-state index is 11.5. The number of hydrogen-bond donors (Lipinski definition) is 1. The van der Waals surface area contributed by atoms with Gasteiger partial charge in [-0.25, -0.2) is 18.2 Å². The number of nitrogens with one attached hydrogen (secondary N) is 1. The van der Waals surface area contributed by atoms with Gasteiger partial charge in [0.1, 0.15) is 0 Å². The molecule has 0 bridgehead atoms. The van der Waals surface area contributed by atoms with Crippen LogP contribution in [0.3, 0.4) is 0 Å². The highest BCUT2D eigenvalue weighted by molar-refractivity contribution is 7.93. The minimum absolute atomic E-state index is 0.